The van der Waals surface area contributed by atoms with Crippen molar-refractivity contribution >= 4 is 74.2 Å². The van der Waals surface area contributed by atoms with Crippen LogP contribution in [0.2, 0.25) is 0 Å². The molecule has 19 nitrogen and oxygen atoms in total. The van der Waals surface area contributed by atoms with Gasteiger partial charge in [-0.05, 0) is 23.6 Å². The topological polar surface area (TPSA) is 310 Å². The van der Waals surface area contributed by atoms with Gasteiger partial charge in [-0.1, -0.05) is 0 Å². The minimum absolute atomic E-state index is 0. The van der Waals surface area contributed by atoms with Crippen LogP contribution in [0.1, 0.15) is 11.2 Å². The van der Waals surface area contributed by atoms with Crippen LogP contribution in [0.5, 0.6) is 17.2 Å². The van der Waals surface area contributed by atoms with Gasteiger partial charge in [-0.2, -0.15) is 25.3 Å². The van der Waals surface area contributed by atoms with E-state index in [2.05, 4.69) is 19.7 Å². The maximum atomic E-state index is 12.6. The van der Waals surface area contributed by atoms with E-state index in [0.29, 0.717) is 12.1 Å². The normalized spacial score (nSPS) is 12.6. The number of phenolic OH excluding ortho intramolecular Hbond substituents is 2. The summed E-state index contributed by atoms with van der Waals surface area (Å²) < 4.78 is 131. The first-order valence-corrected chi connectivity index (χ1v) is 17.2. The van der Waals surface area contributed by atoms with Crippen LogP contribution in [0.3, 0.4) is 0 Å². The molecular weight excluding hydrogens is 742 g/mol. The van der Waals surface area contributed by atoms with Gasteiger partial charge < -0.3 is 20.3 Å². The van der Waals surface area contributed by atoms with Crippen molar-refractivity contribution in [1.29, 1.82) is 0 Å². The molecular formula is C21H24CuN3O16S4+3. The molecule has 0 aliphatic heterocycles. The van der Waals surface area contributed by atoms with E-state index >= 15 is 0 Å². The molecule has 1 radical (unpaired) electrons. The molecule has 45 heavy (non-hydrogen) atoms. The molecule has 0 atom stereocenters. The van der Waals surface area contributed by atoms with E-state index in [4.69, 9.17) is 9.29 Å². The Morgan fingerprint density at radius 2 is 1.51 bits per heavy atom. The maximum Gasteiger partial charge on any atom is 1.00 e. The predicted octanol–water partition coefficient (Wildman–Crippen LogP) is 2.05. The Balaban J connectivity index is 0. The second-order valence-corrected chi connectivity index (χ2v) is 14.5. The number of methoxy groups -OCH3 is 1. The number of nitrogens with zero attached hydrogens (tertiary/aromatic N) is 2. The van der Waals surface area contributed by atoms with Crippen LogP contribution in [-0.2, 0) is 66.5 Å². The van der Waals surface area contributed by atoms with Crippen molar-refractivity contribution in [3.8, 4) is 17.2 Å². The number of hydrogen-bond acceptors (Lipinski definition) is 15. The van der Waals surface area contributed by atoms with Gasteiger partial charge in [-0.25, -0.2) is 12.6 Å². The van der Waals surface area contributed by atoms with Gasteiger partial charge in [0.2, 0.25) is 5.91 Å². The van der Waals surface area contributed by atoms with Crippen molar-refractivity contribution in [3.05, 3.63) is 30.3 Å². The third kappa shape index (κ3) is 9.06. The summed E-state index contributed by atoms with van der Waals surface area (Å²) in [6.45, 7) is 0.0101. The van der Waals surface area contributed by atoms with Crippen molar-refractivity contribution in [2.24, 2.45) is 10.2 Å². The van der Waals surface area contributed by atoms with Gasteiger partial charge in [0, 0.05) is 41.5 Å². The molecule has 3 rings (SSSR count). The SMILES string of the molecule is COc1cc(N=Nc2c(S(=O)(=O)O)cc3cc(S(=O)(=O)O)cc(NC(C)=O)c3c2O)c(O)cc1S(=O)(=O)CCOS(=O)(=O)O.[Cu].[H+].[H+].[H+]. The smallest absolute Gasteiger partial charge is 0.506 e. The standard InChI is InChI=1S/C21H21N3O16S4.Cu/c1-10(25)22-14-7-12(42(30,31)32)5-11-6-18(43(33,34)35)20(21(27)19(11)14)24-23-13-8-16(39-2)17(9-15(13)26)41(28,29)4-3-40-44(36,37)38;/h5-9,26-27H,3-4H2,1-2H3,(H,22,25)(H,30,31,32)(H,33,34,35)(H,36,37,38);/p+3. The molecule has 0 bridgehead atoms. The molecule has 24 heteroatoms. The van der Waals surface area contributed by atoms with Gasteiger partial charge in [0.15, 0.2) is 15.6 Å². The molecule has 6 N–H and O–H groups in total. The van der Waals surface area contributed by atoms with E-state index in [9.17, 15) is 57.8 Å². The summed E-state index contributed by atoms with van der Waals surface area (Å²) in [6.07, 6.45) is 0. The van der Waals surface area contributed by atoms with E-state index < -0.39 is 119 Å². The van der Waals surface area contributed by atoms with Gasteiger partial charge in [0.1, 0.15) is 32.7 Å². The number of aromatic hydroxyl groups is 2. The zero-order chi connectivity index (χ0) is 33.4. The van der Waals surface area contributed by atoms with Crippen LogP contribution in [0.15, 0.2) is 55.2 Å². The number of phenols is 2. The van der Waals surface area contributed by atoms with Crippen LogP contribution in [-0.4, -0.2) is 82.9 Å². The minimum Gasteiger partial charge on any atom is -0.506 e. The van der Waals surface area contributed by atoms with E-state index in [1.54, 1.807) is 0 Å². The number of nitrogens with one attached hydrogen (secondary N) is 1. The number of amides is 1. The number of sulfone groups is 1. The maximum absolute atomic E-state index is 12.6. The van der Waals surface area contributed by atoms with E-state index in [-0.39, 0.29) is 21.3 Å². The average Bonchev–Trinajstić information content (AvgIpc) is 2.85. The minimum atomic E-state index is -5.26. The fourth-order valence-corrected chi connectivity index (χ4v) is 6.54. The first-order chi connectivity index (χ1) is 20.0. The molecule has 0 heterocycles. The third-order valence-electron chi connectivity index (χ3n) is 5.45. The summed E-state index contributed by atoms with van der Waals surface area (Å²) in [6, 6.07) is 3.53. The molecule has 0 saturated heterocycles. The number of ether oxygens (including phenoxy) is 1. The van der Waals surface area contributed by atoms with Crippen LogP contribution >= 0.6 is 0 Å². The number of hydrogen-bond donors (Lipinski definition) is 6. The molecule has 0 fully saturated rings. The predicted molar refractivity (Wildman–Crippen MR) is 151 cm³/mol. The molecule has 1 amide bonds. The number of azo groups is 1. The first kappa shape index (κ1) is 37.7. The van der Waals surface area contributed by atoms with Crippen molar-refractivity contribution < 1.29 is 92.6 Å². The van der Waals surface area contributed by atoms with Crippen molar-refractivity contribution in [3.63, 3.8) is 0 Å². The van der Waals surface area contributed by atoms with Gasteiger partial charge in [0.05, 0.1) is 30.1 Å². The monoisotopic (exact) mass is 765 g/mol. The Hall–Kier alpha value is -3.45. The Bertz CT molecular complexity index is 2170. The number of carbonyl (C=O) groups is 1. The Kier molecular flexibility index (Phi) is 11.3. The first-order valence-electron chi connectivity index (χ1n) is 11.3. The van der Waals surface area contributed by atoms with Crippen molar-refractivity contribution in [2.75, 3.05) is 24.8 Å². The summed E-state index contributed by atoms with van der Waals surface area (Å²) >= 11 is 0. The molecule has 0 unspecified atom stereocenters. The van der Waals surface area contributed by atoms with Gasteiger partial charge in [0.25, 0.3) is 20.2 Å². The zero-order valence-corrected chi connectivity index (χ0v) is 26.6. The quantitative estimate of drug-likeness (QED) is 0.0924. The number of benzene rings is 3. The Labute approximate surface area is 270 Å². The molecule has 3 aromatic rings. The fraction of sp³-hybridized carbons (Fsp3) is 0.190. The average molecular weight is 766 g/mol. The Morgan fingerprint density at radius 1 is 0.889 bits per heavy atom. The number of rotatable bonds is 11. The van der Waals surface area contributed by atoms with Crippen LogP contribution in [0, 0.1) is 0 Å². The van der Waals surface area contributed by atoms with Crippen molar-refractivity contribution in [2.45, 2.75) is 21.6 Å². The summed E-state index contributed by atoms with van der Waals surface area (Å²) in [5.41, 5.74) is -2.00. The zero-order valence-electron chi connectivity index (χ0n) is 25.4. The van der Waals surface area contributed by atoms with Gasteiger partial charge >= 0.3 is 14.7 Å². The molecule has 0 aliphatic rings. The van der Waals surface area contributed by atoms with Crippen molar-refractivity contribution in [1.82, 2.24) is 0 Å². The fourth-order valence-electron chi connectivity index (χ4n) is 3.67. The summed E-state index contributed by atoms with van der Waals surface area (Å²) in [5, 5.41) is 30.0. The number of anilines is 1. The van der Waals surface area contributed by atoms with E-state index in [1.807, 2.05) is 0 Å². The third-order valence-corrected chi connectivity index (χ3v) is 9.30. The molecule has 0 aromatic heterocycles. The molecule has 0 saturated carbocycles. The summed E-state index contributed by atoms with van der Waals surface area (Å²) in [7, 11) is -18.5. The van der Waals surface area contributed by atoms with Gasteiger partial charge in [-0.3, -0.25) is 18.5 Å². The van der Waals surface area contributed by atoms with E-state index in [0.717, 1.165) is 32.2 Å². The van der Waals surface area contributed by atoms with Crippen LogP contribution in [0.25, 0.3) is 10.8 Å². The van der Waals surface area contributed by atoms with Gasteiger partial charge in [-0.15, -0.1) is 10.2 Å². The second kappa shape index (κ2) is 13.5. The summed E-state index contributed by atoms with van der Waals surface area (Å²) in [4.78, 5) is 9.10. The second-order valence-electron chi connectivity index (χ2n) is 8.53. The van der Waals surface area contributed by atoms with Crippen LogP contribution < -0.4 is 10.1 Å². The summed E-state index contributed by atoms with van der Waals surface area (Å²) in [5.74, 6) is -4.24. The Morgan fingerprint density at radius 3 is 2.02 bits per heavy atom. The number of carbonyl (C=O) groups excluding carboxylic acids is 1. The van der Waals surface area contributed by atoms with Crippen LogP contribution in [0.4, 0.5) is 17.1 Å². The molecule has 0 spiro atoms. The largest absolute Gasteiger partial charge is 1.00 e. The van der Waals surface area contributed by atoms with E-state index in [1.165, 1.54) is 0 Å². The molecule has 0 aliphatic carbocycles. The molecule has 251 valence electrons. The molecule has 3 aromatic carbocycles. The number of fused-ring (bicyclic) bond motifs is 1.